The van der Waals surface area contributed by atoms with Crippen LogP contribution < -0.4 is 10.2 Å². The number of nitrogens with zero attached hydrogens (tertiary/aromatic N) is 4. The average Bonchev–Trinajstić information content (AvgIpc) is 2.74. The molecule has 0 saturated carbocycles. The molecule has 0 atom stereocenters. The summed E-state index contributed by atoms with van der Waals surface area (Å²) >= 11 is 0. The maximum Gasteiger partial charge on any atom is 0.293 e. The second kappa shape index (κ2) is 9.52. The van der Waals surface area contributed by atoms with Crippen LogP contribution in [0.25, 0.3) is 0 Å². The van der Waals surface area contributed by atoms with Crippen molar-refractivity contribution in [2.45, 2.75) is 0 Å². The van der Waals surface area contributed by atoms with Gasteiger partial charge in [0.2, 0.25) is 5.91 Å². The van der Waals surface area contributed by atoms with Crippen molar-refractivity contribution in [1.29, 1.82) is 0 Å². The summed E-state index contributed by atoms with van der Waals surface area (Å²) < 4.78 is 12.9. The third-order valence-electron chi connectivity index (χ3n) is 5.06. The number of nitrogens with one attached hydrogen (secondary N) is 1. The fourth-order valence-corrected chi connectivity index (χ4v) is 3.41. The predicted octanol–water partition coefficient (Wildman–Crippen LogP) is 2.20. The van der Waals surface area contributed by atoms with Crippen molar-refractivity contribution in [2.24, 2.45) is 0 Å². The SMILES string of the molecule is CN(C)c1ccc(C(=O)N2CCN(CC(=O)Nc3ccc(F)cc3)CC2)cc1[N+](=O)[O-]. The molecule has 2 amide bonds. The first-order chi connectivity index (χ1) is 14.7. The van der Waals surface area contributed by atoms with Crippen molar-refractivity contribution in [3.05, 3.63) is 64.0 Å². The van der Waals surface area contributed by atoms with Crippen LogP contribution in [-0.2, 0) is 4.79 Å². The van der Waals surface area contributed by atoms with E-state index in [-0.39, 0.29) is 35.4 Å². The zero-order valence-electron chi connectivity index (χ0n) is 17.4. The number of amides is 2. The second-order valence-electron chi connectivity index (χ2n) is 7.48. The molecule has 2 aromatic carbocycles. The van der Waals surface area contributed by atoms with Gasteiger partial charge in [0.05, 0.1) is 11.5 Å². The maximum absolute atomic E-state index is 12.9. The standard InChI is InChI=1S/C21H24FN5O4/c1-24(2)18-8-3-15(13-19(18)27(30)31)21(29)26-11-9-25(10-12-26)14-20(28)23-17-6-4-16(22)5-7-17/h3-8,13H,9-12,14H2,1-2H3,(H,23,28). The number of halogens is 1. The van der Waals surface area contributed by atoms with Gasteiger partial charge in [-0.3, -0.25) is 24.6 Å². The maximum atomic E-state index is 12.9. The number of nitro groups is 1. The molecule has 0 spiro atoms. The van der Waals surface area contributed by atoms with Crippen LogP contribution in [0, 0.1) is 15.9 Å². The lowest BCUT2D eigenvalue weighted by molar-refractivity contribution is -0.384. The fourth-order valence-electron chi connectivity index (χ4n) is 3.41. The zero-order chi connectivity index (χ0) is 22.5. The topological polar surface area (TPSA) is 99.0 Å². The smallest absolute Gasteiger partial charge is 0.293 e. The minimum Gasteiger partial charge on any atom is -0.372 e. The van der Waals surface area contributed by atoms with Crippen molar-refractivity contribution in [1.82, 2.24) is 9.80 Å². The van der Waals surface area contributed by atoms with E-state index in [1.54, 1.807) is 36.0 Å². The highest BCUT2D eigenvalue weighted by Gasteiger charge is 2.25. The van der Waals surface area contributed by atoms with Crippen LogP contribution in [0.3, 0.4) is 0 Å². The van der Waals surface area contributed by atoms with E-state index in [0.29, 0.717) is 37.6 Å². The molecule has 2 aromatic rings. The van der Waals surface area contributed by atoms with E-state index in [9.17, 15) is 24.1 Å². The molecular weight excluding hydrogens is 405 g/mol. The van der Waals surface area contributed by atoms with E-state index in [1.807, 2.05) is 4.90 Å². The lowest BCUT2D eigenvalue weighted by atomic mass is 10.1. The van der Waals surface area contributed by atoms with Gasteiger partial charge in [0.25, 0.3) is 11.6 Å². The summed E-state index contributed by atoms with van der Waals surface area (Å²) in [7, 11) is 3.41. The lowest BCUT2D eigenvalue weighted by Gasteiger charge is -2.34. The first kappa shape index (κ1) is 22.2. The molecule has 1 aliphatic heterocycles. The van der Waals surface area contributed by atoms with E-state index >= 15 is 0 Å². The third kappa shape index (κ3) is 5.54. The van der Waals surface area contributed by atoms with Crippen molar-refractivity contribution in [3.63, 3.8) is 0 Å². The summed E-state index contributed by atoms with van der Waals surface area (Å²) in [5.74, 6) is -0.870. The van der Waals surface area contributed by atoms with Gasteiger partial charge in [-0.15, -0.1) is 0 Å². The average molecular weight is 429 g/mol. The molecule has 10 heteroatoms. The van der Waals surface area contributed by atoms with Gasteiger partial charge in [0.15, 0.2) is 0 Å². The summed E-state index contributed by atoms with van der Waals surface area (Å²) in [5.41, 5.74) is 1.09. The zero-order valence-corrected chi connectivity index (χ0v) is 17.4. The molecule has 0 aliphatic carbocycles. The molecule has 9 nitrogen and oxygen atoms in total. The van der Waals surface area contributed by atoms with Crippen LogP contribution in [0.4, 0.5) is 21.5 Å². The lowest BCUT2D eigenvalue weighted by Crippen LogP contribution is -2.50. The van der Waals surface area contributed by atoms with Crippen molar-refractivity contribution < 1.29 is 18.9 Å². The van der Waals surface area contributed by atoms with Gasteiger partial charge < -0.3 is 15.1 Å². The van der Waals surface area contributed by atoms with E-state index in [1.165, 1.54) is 30.3 Å². The second-order valence-corrected chi connectivity index (χ2v) is 7.48. The van der Waals surface area contributed by atoms with E-state index in [4.69, 9.17) is 0 Å². The predicted molar refractivity (Wildman–Crippen MR) is 115 cm³/mol. The molecule has 0 bridgehead atoms. The highest BCUT2D eigenvalue weighted by molar-refractivity contribution is 5.96. The van der Waals surface area contributed by atoms with Gasteiger partial charge in [-0.2, -0.15) is 0 Å². The van der Waals surface area contributed by atoms with Crippen LogP contribution in [0.1, 0.15) is 10.4 Å². The number of benzene rings is 2. The number of hydrogen-bond acceptors (Lipinski definition) is 6. The summed E-state index contributed by atoms with van der Waals surface area (Å²) in [6.07, 6.45) is 0. The van der Waals surface area contributed by atoms with Crippen LogP contribution in [0.5, 0.6) is 0 Å². The van der Waals surface area contributed by atoms with E-state index in [0.717, 1.165) is 0 Å². The normalized spacial score (nSPS) is 14.2. The number of carbonyl (C=O) groups excluding carboxylic acids is 2. The minimum absolute atomic E-state index is 0.119. The highest BCUT2D eigenvalue weighted by atomic mass is 19.1. The Hall–Kier alpha value is -3.53. The summed E-state index contributed by atoms with van der Waals surface area (Å²) in [5, 5.41) is 14.1. The molecular formula is C21H24FN5O4. The highest BCUT2D eigenvalue weighted by Crippen LogP contribution is 2.28. The molecule has 0 unspecified atom stereocenters. The van der Waals surface area contributed by atoms with Gasteiger partial charge in [-0.1, -0.05) is 0 Å². The molecule has 164 valence electrons. The van der Waals surface area contributed by atoms with Gasteiger partial charge in [0, 0.05) is 57.6 Å². The monoisotopic (exact) mass is 429 g/mol. The summed E-state index contributed by atoms with van der Waals surface area (Å²) in [4.78, 5) is 41.0. The van der Waals surface area contributed by atoms with E-state index in [2.05, 4.69) is 5.32 Å². The minimum atomic E-state index is -0.496. The van der Waals surface area contributed by atoms with Crippen LogP contribution in [0.2, 0.25) is 0 Å². The number of rotatable bonds is 6. The molecule has 1 saturated heterocycles. The van der Waals surface area contributed by atoms with E-state index < -0.39 is 4.92 Å². The number of nitro benzene ring substituents is 1. The first-order valence-corrected chi connectivity index (χ1v) is 9.77. The molecule has 1 aliphatic rings. The Morgan fingerprint density at radius 3 is 2.32 bits per heavy atom. The largest absolute Gasteiger partial charge is 0.372 e. The first-order valence-electron chi connectivity index (χ1n) is 9.77. The Bertz CT molecular complexity index is 972. The van der Waals surface area contributed by atoms with Crippen LogP contribution >= 0.6 is 0 Å². The van der Waals surface area contributed by atoms with Gasteiger partial charge in [0.1, 0.15) is 11.5 Å². The molecule has 0 aromatic heterocycles. The molecule has 1 fully saturated rings. The Morgan fingerprint density at radius 2 is 1.74 bits per heavy atom. The number of carbonyl (C=O) groups is 2. The van der Waals surface area contributed by atoms with Crippen LogP contribution in [0.15, 0.2) is 42.5 Å². The Balaban J connectivity index is 1.56. The molecule has 1 heterocycles. The summed E-state index contributed by atoms with van der Waals surface area (Å²) in [6, 6.07) is 9.99. The van der Waals surface area contributed by atoms with Crippen molar-refractivity contribution >= 4 is 28.9 Å². The quantitative estimate of drug-likeness (QED) is 0.558. The van der Waals surface area contributed by atoms with Gasteiger partial charge in [-0.05, 0) is 36.4 Å². The van der Waals surface area contributed by atoms with Crippen molar-refractivity contribution in [2.75, 3.05) is 57.0 Å². The molecule has 1 N–H and O–H groups in total. The fraction of sp³-hybridized carbons (Fsp3) is 0.333. The number of hydrogen-bond donors (Lipinski definition) is 1. The Labute approximate surface area is 179 Å². The Morgan fingerprint density at radius 1 is 1.10 bits per heavy atom. The molecule has 31 heavy (non-hydrogen) atoms. The molecule has 3 rings (SSSR count). The summed E-state index contributed by atoms with van der Waals surface area (Å²) in [6.45, 7) is 1.97. The van der Waals surface area contributed by atoms with Crippen LogP contribution in [-0.4, -0.2) is 73.4 Å². The molecule has 0 radical (unpaired) electrons. The van der Waals surface area contributed by atoms with Gasteiger partial charge >= 0.3 is 0 Å². The number of anilines is 2. The Kier molecular flexibility index (Phi) is 6.81. The number of piperazine rings is 1. The van der Waals surface area contributed by atoms with Crippen molar-refractivity contribution in [3.8, 4) is 0 Å². The van der Waals surface area contributed by atoms with Gasteiger partial charge in [-0.25, -0.2) is 4.39 Å². The third-order valence-corrected chi connectivity index (χ3v) is 5.06.